The van der Waals surface area contributed by atoms with E-state index in [1.165, 1.54) is 4.31 Å². The predicted octanol–water partition coefficient (Wildman–Crippen LogP) is 2.00. The minimum absolute atomic E-state index is 0.212. The van der Waals surface area contributed by atoms with E-state index in [0.29, 0.717) is 29.9 Å². The molecular formula is C19H22N4O3S. The first-order chi connectivity index (χ1) is 12.8. The van der Waals surface area contributed by atoms with Gasteiger partial charge < -0.3 is 5.32 Å². The summed E-state index contributed by atoms with van der Waals surface area (Å²) in [6, 6.07) is 6.62. The van der Waals surface area contributed by atoms with Crippen molar-refractivity contribution < 1.29 is 13.2 Å². The van der Waals surface area contributed by atoms with Crippen LogP contribution >= 0.6 is 0 Å². The summed E-state index contributed by atoms with van der Waals surface area (Å²) in [4.78, 5) is 12.5. The molecule has 8 heteroatoms. The lowest BCUT2D eigenvalue weighted by Crippen LogP contribution is -2.30. The van der Waals surface area contributed by atoms with Crippen molar-refractivity contribution in [1.29, 1.82) is 0 Å². The molecule has 0 radical (unpaired) electrons. The van der Waals surface area contributed by atoms with Crippen molar-refractivity contribution in [3.05, 3.63) is 59.4 Å². The molecule has 1 aliphatic heterocycles. The smallest absolute Gasteiger partial charge is 0.255 e. The molecule has 1 N–H and O–H groups in total. The third-order valence-electron chi connectivity index (χ3n) is 4.35. The number of carbonyl (C=O) groups is 1. The largest absolute Gasteiger partial charge is 0.321 e. The summed E-state index contributed by atoms with van der Waals surface area (Å²) < 4.78 is 28.5. The molecule has 1 aromatic carbocycles. The van der Waals surface area contributed by atoms with Crippen LogP contribution in [0.25, 0.3) is 11.8 Å². The highest BCUT2D eigenvalue weighted by Crippen LogP contribution is 2.25. The highest BCUT2D eigenvalue weighted by Gasteiger charge is 2.24. The van der Waals surface area contributed by atoms with E-state index >= 15 is 0 Å². The fourth-order valence-electron chi connectivity index (χ4n) is 2.95. The first-order valence-electron chi connectivity index (χ1n) is 8.69. The van der Waals surface area contributed by atoms with Crippen molar-refractivity contribution in [3.8, 4) is 0 Å². The summed E-state index contributed by atoms with van der Waals surface area (Å²) >= 11 is 0. The minimum Gasteiger partial charge on any atom is -0.321 e. The van der Waals surface area contributed by atoms with Gasteiger partial charge in [0.15, 0.2) is 0 Å². The van der Waals surface area contributed by atoms with E-state index in [1.807, 2.05) is 6.20 Å². The van der Waals surface area contributed by atoms with Gasteiger partial charge in [0.25, 0.3) is 5.91 Å². The molecular weight excluding hydrogens is 364 g/mol. The number of benzene rings is 1. The Kier molecular flexibility index (Phi) is 5.29. The van der Waals surface area contributed by atoms with E-state index < -0.39 is 10.0 Å². The van der Waals surface area contributed by atoms with Crippen molar-refractivity contribution in [2.45, 2.75) is 18.7 Å². The number of sulfonamides is 1. The maximum atomic E-state index is 12.7. The summed E-state index contributed by atoms with van der Waals surface area (Å²) in [6.45, 7) is 4.42. The second-order valence-electron chi connectivity index (χ2n) is 6.18. The number of aromatic nitrogens is 2. The molecule has 0 fully saturated rings. The van der Waals surface area contributed by atoms with Crippen LogP contribution in [0.4, 0.5) is 0 Å². The van der Waals surface area contributed by atoms with E-state index in [2.05, 4.69) is 10.4 Å². The molecule has 1 amide bonds. The molecule has 142 valence electrons. The number of hydrogen-bond donors (Lipinski definition) is 1. The standard InChI is InChI=1S/C19H22N4O3S/c1-4-23(5-2)27(25,26)17-8-6-7-15(10-17)18-11-16(19(24)21-18)9-14-12-20-22(3)13-14/h6-13H,4-5H2,1-3H3,(H,21,24). The van der Waals surface area contributed by atoms with Gasteiger partial charge in [-0.1, -0.05) is 26.0 Å². The molecule has 0 aliphatic carbocycles. The third kappa shape index (κ3) is 3.86. The number of nitrogens with zero attached hydrogens (tertiary/aromatic N) is 3. The maximum absolute atomic E-state index is 12.7. The normalized spacial score (nSPS) is 16.1. The SMILES string of the molecule is CCN(CC)S(=O)(=O)c1cccc(C2=CC(=Cc3cnn(C)c3)C(=O)N2)c1. The number of aryl methyl sites for hydroxylation is 1. The molecule has 2 aromatic rings. The van der Waals surface area contributed by atoms with Gasteiger partial charge in [-0.05, 0) is 29.8 Å². The Bertz CT molecular complexity index is 1030. The van der Waals surface area contributed by atoms with Gasteiger partial charge in [-0.2, -0.15) is 9.40 Å². The topological polar surface area (TPSA) is 84.3 Å². The first-order valence-corrected chi connectivity index (χ1v) is 10.1. The lowest BCUT2D eigenvalue weighted by Gasteiger charge is -2.18. The van der Waals surface area contributed by atoms with Crippen molar-refractivity contribution in [3.63, 3.8) is 0 Å². The van der Waals surface area contributed by atoms with E-state index in [-0.39, 0.29) is 10.8 Å². The number of amides is 1. The van der Waals surface area contributed by atoms with Gasteiger partial charge in [-0.15, -0.1) is 0 Å². The van der Waals surface area contributed by atoms with Crippen LogP contribution in [-0.4, -0.2) is 41.5 Å². The van der Waals surface area contributed by atoms with Crippen molar-refractivity contribution >= 4 is 27.7 Å². The molecule has 1 aliphatic rings. The highest BCUT2D eigenvalue weighted by atomic mass is 32.2. The average molecular weight is 386 g/mol. The summed E-state index contributed by atoms with van der Waals surface area (Å²) in [6.07, 6.45) is 6.94. The zero-order valence-corrected chi connectivity index (χ0v) is 16.3. The summed E-state index contributed by atoms with van der Waals surface area (Å²) in [5, 5.41) is 6.88. The predicted molar refractivity (Wildman–Crippen MR) is 104 cm³/mol. The summed E-state index contributed by atoms with van der Waals surface area (Å²) in [7, 11) is -1.75. The van der Waals surface area contributed by atoms with E-state index in [1.54, 1.807) is 68.2 Å². The molecule has 0 saturated heterocycles. The zero-order valence-electron chi connectivity index (χ0n) is 15.5. The van der Waals surface area contributed by atoms with Crippen molar-refractivity contribution in [2.75, 3.05) is 13.1 Å². The van der Waals surface area contributed by atoms with Crippen molar-refractivity contribution in [1.82, 2.24) is 19.4 Å². The van der Waals surface area contributed by atoms with Crippen LogP contribution in [-0.2, 0) is 21.9 Å². The molecule has 0 saturated carbocycles. The fraction of sp³-hybridized carbons (Fsp3) is 0.263. The molecule has 2 heterocycles. The number of nitrogens with one attached hydrogen (secondary N) is 1. The van der Waals surface area contributed by atoms with Gasteiger partial charge in [-0.3, -0.25) is 9.48 Å². The number of hydrogen-bond acceptors (Lipinski definition) is 4. The molecule has 0 atom stereocenters. The molecule has 0 spiro atoms. The number of carbonyl (C=O) groups excluding carboxylic acids is 1. The van der Waals surface area contributed by atoms with Gasteiger partial charge in [0.2, 0.25) is 10.0 Å². The van der Waals surface area contributed by atoms with Crippen LogP contribution in [0.15, 0.2) is 53.2 Å². The minimum atomic E-state index is -3.56. The van der Waals surface area contributed by atoms with Crippen LogP contribution in [0.3, 0.4) is 0 Å². The van der Waals surface area contributed by atoms with Crippen LogP contribution < -0.4 is 5.32 Å². The Morgan fingerprint density at radius 2 is 2.00 bits per heavy atom. The molecule has 27 heavy (non-hydrogen) atoms. The Morgan fingerprint density at radius 1 is 1.26 bits per heavy atom. The molecule has 1 aromatic heterocycles. The van der Waals surface area contributed by atoms with Gasteiger partial charge in [-0.25, -0.2) is 8.42 Å². The second kappa shape index (κ2) is 7.50. The lowest BCUT2D eigenvalue weighted by molar-refractivity contribution is -0.115. The van der Waals surface area contributed by atoms with Crippen LogP contribution in [0, 0.1) is 0 Å². The Labute approximate surface area is 159 Å². The summed E-state index contributed by atoms with van der Waals surface area (Å²) in [5.74, 6) is -0.231. The van der Waals surface area contributed by atoms with Gasteiger partial charge >= 0.3 is 0 Å². The van der Waals surface area contributed by atoms with Gasteiger partial charge in [0.1, 0.15) is 0 Å². The average Bonchev–Trinajstić information content (AvgIpc) is 3.22. The zero-order chi connectivity index (χ0) is 19.6. The molecule has 0 unspecified atom stereocenters. The highest BCUT2D eigenvalue weighted by molar-refractivity contribution is 7.89. The monoisotopic (exact) mass is 386 g/mol. The van der Waals surface area contributed by atoms with E-state index in [0.717, 1.165) is 5.56 Å². The molecule has 7 nitrogen and oxygen atoms in total. The summed E-state index contributed by atoms with van der Waals surface area (Å²) in [5.41, 5.74) is 2.53. The molecule has 3 rings (SSSR count). The van der Waals surface area contributed by atoms with Crippen LogP contribution in [0.2, 0.25) is 0 Å². The Balaban J connectivity index is 1.95. The van der Waals surface area contributed by atoms with Gasteiger partial charge in [0.05, 0.1) is 11.1 Å². The third-order valence-corrected chi connectivity index (χ3v) is 6.39. The van der Waals surface area contributed by atoms with Crippen molar-refractivity contribution in [2.24, 2.45) is 7.05 Å². The van der Waals surface area contributed by atoms with Crippen LogP contribution in [0.1, 0.15) is 25.0 Å². The quantitative estimate of drug-likeness (QED) is 0.770. The molecule has 0 bridgehead atoms. The van der Waals surface area contributed by atoms with Crippen LogP contribution in [0.5, 0.6) is 0 Å². The maximum Gasteiger partial charge on any atom is 0.255 e. The van der Waals surface area contributed by atoms with E-state index in [9.17, 15) is 13.2 Å². The number of rotatable bonds is 6. The Morgan fingerprint density at radius 3 is 2.63 bits per heavy atom. The lowest BCUT2D eigenvalue weighted by atomic mass is 10.1. The Hall–Kier alpha value is -2.71. The second-order valence-corrected chi connectivity index (χ2v) is 8.11. The van der Waals surface area contributed by atoms with Gasteiger partial charge in [0, 0.05) is 43.2 Å². The first kappa shape index (κ1) is 19.1. The van der Waals surface area contributed by atoms with E-state index in [4.69, 9.17) is 0 Å². The fourth-order valence-corrected chi connectivity index (χ4v) is 4.45.